The number of esters is 4. The zero-order chi connectivity index (χ0) is 26.5. The molecule has 8 atom stereocenters. The average molecular weight is 509 g/mol. The molecule has 3 fully saturated rings. The molecular weight excluding hydrogens is 472 g/mol. The van der Waals surface area contributed by atoms with Crippen molar-refractivity contribution in [2.45, 2.75) is 84.2 Å². The number of hydrogen-bond donors (Lipinski definition) is 1. The number of carbonyl (C=O) groups is 4. The van der Waals surface area contributed by atoms with Gasteiger partial charge in [0.25, 0.3) is 0 Å². The van der Waals surface area contributed by atoms with Gasteiger partial charge in [-0.3, -0.25) is 14.4 Å². The Kier molecular flexibility index (Phi) is 6.98. The van der Waals surface area contributed by atoms with E-state index in [0.717, 1.165) is 0 Å². The van der Waals surface area contributed by atoms with Crippen molar-refractivity contribution in [1.82, 2.24) is 0 Å². The molecule has 200 valence electrons. The number of fused-ring (bicyclic) bond motifs is 2. The second-order valence-electron chi connectivity index (χ2n) is 11.1. The Morgan fingerprint density at radius 3 is 2.42 bits per heavy atom. The molecule has 4 rings (SSSR count). The molecule has 2 saturated carbocycles. The maximum absolute atomic E-state index is 12.2. The third-order valence-corrected chi connectivity index (χ3v) is 8.96. The first-order valence-corrected chi connectivity index (χ1v) is 12.5. The molecule has 0 aromatic rings. The van der Waals surface area contributed by atoms with E-state index >= 15 is 0 Å². The Morgan fingerprint density at radius 2 is 1.89 bits per heavy atom. The Hall–Kier alpha value is -2.46. The van der Waals surface area contributed by atoms with Crippen LogP contribution in [-0.4, -0.2) is 72.7 Å². The largest absolute Gasteiger partial charge is 0.465 e. The van der Waals surface area contributed by atoms with Crippen LogP contribution < -0.4 is 0 Å². The Labute approximate surface area is 210 Å². The maximum Gasteiger partial charge on any atom is 0.331 e. The van der Waals surface area contributed by atoms with Crippen molar-refractivity contribution in [3.63, 3.8) is 0 Å². The van der Waals surface area contributed by atoms with E-state index in [4.69, 9.17) is 23.7 Å². The summed E-state index contributed by atoms with van der Waals surface area (Å²) in [5.41, 5.74) is -1.84. The van der Waals surface area contributed by atoms with Gasteiger partial charge in [0, 0.05) is 38.3 Å². The minimum absolute atomic E-state index is 0.0240. The molecule has 10 nitrogen and oxygen atoms in total. The molecule has 1 saturated heterocycles. The van der Waals surface area contributed by atoms with E-state index in [1.54, 1.807) is 0 Å². The van der Waals surface area contributed by atoms with Crippen LogP contribution in [0.2, 0.25) is 0 Å². The average Bonchev–Trinajstić information content (AvgIpc) is 3.43. The third-order valence-electron chi connectivity index (χ3n) is 8.96. The quantitative estimate of drug-likeness (QED) is 0.308. The number of aliphatic hydroxyl groups is 1. The van der Waals surface area contributed by atoms with Crippen LogP contribution in [0.5, 0.6) is 0 Å². The van der Waals surface area contributed by atoms with Crippen molar-refractivity contribution in [3.05, 3.63) is 11.6 Å². The zero-order valence-corrected chi connectivity index (χ0v) is 21.5. The number of ether oxygens (including phenoxy) is 5. The number of hydrogen-bond acceptors (Lipinski definition) is 10. The van der Waals surface area contributed by atoms with Crippen molar-refractivity contribution in [3.8, 4) is 0 Å². The van der Waals surface area contributed by atoms with Crippen LogP contribution in [0, 0.1) is 22.7 Å². The highest BCUT2D eigenvalue weighted by Gasteiger charge is 2.77. The molecular formula is C26H36O10. The first-order valence-electron chi connectivity index (χ1n) is 12.5. The smallest absolute Gasteiger partial charge is 0.331 e. The van der Waals surface area contributed by atoms with Crippen molar-refractivity contribution < 1.29 is 48.0 Å². The van der Waals surface area contributed by atoms with Gasteiger partial charge >= 0.3 is 23.9 Å². The van der Waals surface area contributed by atoms with E-state index in [1.807, 2.05) is 13.8 Å². The summed E-state index contributed by atoms with van der Waals surface area (Å²) in [6.45, 7) is 8.35. The topological polar surface area (TPSA) is 138 Å². The summed E-state index contributed by atoms with van der Waals surface area (Å²) in [5.74, 6) is -2.56. The summed E-state index contributed by atoms with van der Waals surface area (Å²) in [6, 6.07) is 0. The third kappa shape index (κ3) is 4.42. The summed E-state index contributed by atoms with van der Waals surface area (Å²) in [7, 11) is 0. The van der Waals surface area contributed by atoms with E-state index in [2.05, 4.69) is 0 Å². The summed E-state index contributed by atoms with van der Waals surface area (Å²) in [6.07, 6.45) is 0.871. The summed E-state index contributed by atoms with van der Waals surface area (Å²) in [4.78, 5) is 48.0. The molecule has 10 heteroatoms. The van der Waals surface area contributed by atoms with E-state index < -0.39 is 64.5 Å². The van der Waals surface area contributed by atoms with Crippen LogP contribution in [0.3, 0.4) is 0 Å². The number of rotatable bonds is 7. The molecule has 0 radical (unpaired) electrons. The van der Waals surface area contributed by atoms with E-state index in [1.165, 1.54) is 26.8 Å². The molecule has 1 spiro atoms. The lowest BCUT2D eigenvalue weighted by Gasteiger charge is -2.64. The van der Waals surface area contributed by atoms with E-state index in [-0.39, 0.29) is 19.1 Å². The first kappa shape index (κ1) is 26.6. The molecule has 0 unspecified atom stereocenters. The lowest BCUT2D eigenvalue weighted by molar-refractivity contribution is -0.255. The van der Waals surface area contributed by atoms with Crippen molar-refractivity contribution >= 4 is 23.9 Å². The second kappa shape index (κ2) is 9.45. The van der Waals surface area contributed by atoms with Crippen LogP contribution in [0.25, 0.3) is 0 Å². The molecule has 0 bridgehead atoms. The molecule has 2 aliphatic carbocycles. The highest BCUT2D eigenvalue weighted by molar-refractivity contribution is 5.85. The molecule has 0 aromatic heterocycles. The van der Waals surface area contributed by atoms with E-state index in [9.17, 15) is 24.3 Å². The van der Waals surface area contributed by atoms with Crippen molar-refractivity contribution in [2.75, 3.05) is 19.8 Å². The van der Waals surface area contributed by atoms with E-state index in [0.29, 0.717) is 37.9 Å². The van der Waals surface area contributed by atoms with Gasteiger partial charge in [0.1, 0.15) is 31.0 Å². The number of epoxide rings is 1. The van der Waals surface area contributed by atoms with Gasteiger partial charge in [0.05, 0.1) is 18.1 Å². The predicted molar refractivity (Wildman–Crippen MR) is 123 cm³/mol. The van der Waals surface area contributed by atoms with Gasteiger partial charge < -0.3 is 28.8 Å². The molecule has 4 aliphatic rings. The van der Waals surface area contributed by atoms with Gasteiger partial charge in [-0.15, -0.1) is 0 Å². The van der Waals surface area contributed by atoms with Crippen LogP contribution in [0.15, 0.2) is 11.6 Å². The standard InChI is InChI=1S/C26H36O10/c1-14-8-21(36-17(4)29)26(13-33-15(2)27)23(19(30)6-7-25(26)12-34-25)24(14,5)10-20(35-16(3)28)18-9-22(31)32-11-18/h9,14,19-21,23,30H,6-8,10-13H2,1-5H3/t14-,19+,20+,21-,23+,24-,25-,26+/m0/s1. The molecule has 1 N–H and O–H groups in total. The van der Waals surface area contributed by atoms with Crippen LogP contribution in [-0.2, 0) is 42.9 Å². The van der Waals surface area contributed by atoms with Gasteiger partial charge in [-0.05, 0) is 37.0 Å². The summed E-state index contributed by atoms with van der Waals surface area (Å²) in [5, 5.41) is 11.6. The minimum atomic E-state index is -1.000. The fraction of sp³-hybridized carbons (Fsp3) is 0.769. The Morgan fingerprint density at radius 1 is 1.19 bits per heavy atom. The summed E-state index contributed by atoms with van der Waals surface area (Å²) >= 11 is 0. The van der Waals surface area contributed by atoms with Gasteiger partial charge in [0.2, 0.25) is 0 Å². The first-order chi connectivity index (χ1) is 16.8. The monoisotopic (exact) mass is 508 g/mol. The van der Waals surface area contributed by atoms with Crippen molar-refractivity contribution in [1.29, 1.82) is 0 Å². The minimum Gasteiger partial charge on any atom is -0.465 e. The SMILES string of the molecule is CC(=O)OC[C@@]12[C@@H](OC(C)=O)C[C@H](C)[C@](C)(C[C@@H](OC(C)=O)C3=CC(=O)OC3)[C@H]1[C@H](O)CC[C@]21CO1. The fourth-order valence-corrected chi connectivity index (χ4v) is 7.18. The molecule has 0 aromatic carbocycles. The maximum atomic E-state index is 12.2. The highest BCUT2D eigenvalue weighted by atomic mass is 16.6. The van der Waals surface area contributed by atoms with Gasteiger partial charge in [-0.1, -0.05) is 13.8 Å². The number of carbonyl (C=O) groups excluding carboxylic acids is 4. The molecule has 2 heterocycles. The second-order valence-corrected chi connectivity index (χ2v) is 11.1. The number of cyclic esters (lactones) is 1. The Balaban J connectivity index is 1.82. The molecule has 2 aliphatic heterocycles. The van der Waals surface area contributed by atoms with Crippen LogP contribution >= 0.6 is 0 Å². The molecule has 36 heavy (non-hydrogen) atoms. The lowest BCUT2D eigenvalue weighted by Crippen LogP contribution is -2.70. The molecule has 0 amide bonds. The van der Waals surface area contributed by atoms with Crippen LogP contribution in [0.4, 0.5) is 0 Å². The fourth-order valence-electron chi connectivity index (χ4n) is 7.18. The number of aliphatic hydroxyl groups excluding tert-OH is 1. The van der Waals surface area contributed by atoms with Crippen molar-refractivity contribution in [2.24, 2.45) is 22.7 Å². The summed E-state index contributed by atoms with van der Waals surface area (Å²) < 4.78 is 28.3. The highest BCUT2D eigenvalue weighted by Crippen LogP contribution is 2.69. The predicted octanol–water partition coefficient (Wildman–Crippen LogP) is 1.86. The Bertz CT molecular complexity index is 968. The van der Waals surface area contributed by atoms with Gasteiger partial charge in [0.15, 0.2) is 0 Å². The normalized spacial score (nSPS) is 39.9. The lowest BCUT2D eigenvalue weighted by atomic mass is 9.42. The van der Waals surface area contributed by atoms with Gasteiger partial charge in [-0.25, -0.2) is 4.79 Å². The van der Waals surface area contributed by atoms with Gasteiger partial charge in [-0.2, -0.15) is 0 Å². The van der Waals surface area contributed by atoms with Crippen LogP contribution in [0.1, 0.15) is 60.3 Å². The zero-order valence-electron chi connectivity index (χ0n) is 21.5.